The van der Waals surface area contributed by atoms with Crippen molar-refractivity contribution in [2.24, 2.45) is 11.7 Å². The van der Waals surface area contributed by atoms with Gasteiger partial charge < -0.3 is 0 Å². The molecule has 0 aromatic carbocycles. The summed E-state index contributed by atoms with van der Waals surface area (Å²) in [7, 11) is 0. The van der Waals surface area contributed by atoms with Crippen LogP contribution >= 0.6 is 0 Å². The van der Waals surface area contributed by atoms with Gasteiger partial charge in [0.1, 0.15) is 0 Å². The zero-order valence-corrected chi connectivity index (χ0v) is 7.81. The molecule has 0 saturated heterocycles. The van der Waals surface area contributed by atoms with Gasteiger partial charge in [0.2, 0.25) is 0 Å². The Morgan fingerprint density at radius 2 is 2.25 bits per heavy atom. The van der Waals surface area contributed by atoms with Crippen LogP contribution in [0.15, 0.2) is 0 Å². The summed E-state index contributed by atoms with van der Waals surface area (Å²) in [5, 5.41) is 0. The molecule has 8 heavy (non-hydrogen) atoms. The average molecular weight is 228 g/mol. The van der Waals surface area contributed by atoms with Crippen molar-refractivity contribution in [1.29, 1.82) is 0 Å². The zero-order chi connectivity index (χ0) is 6.41. The Kier molecular flexibility index (Phi) is 6.32. The molecule has 0 bridgehead atoms. The third-order valence-corrected chi connectivity index (χ3v) is 2.89. The van der Waals surface area contributed by atoms with E-state index in [1.165, 1.54) is 10.8 Å². The van der Waals surface area contributed by atoms with Gasteiger partial charge in [-0.15, -0.1) is 0 Å². The summed E-state index contributed by atoms with van der Waals surface area (Å²) in [6, 6.07) is 0. The van der Waals surface area contributed by atoms with Crippen molar-refractivity contribution in [3.05, 3.63) is 0 Å². The summed E-state index contributed by atoms with van der Waals surface area (Å²) in [6.07, 6.45) is 1.35. The van der Waals surface area contributed by atoms with Gasteiger partial charge in [0.25, 0.3) is 0 Å². The first kappa shape index (κ1) is 8.69. The van der Waals surface area contributed by atoms with Crippen molar-refractivity contribution in [1.82, 2.24) is 0 Å². The van der Waals surface area contributed by atoms with E-state index in [1.54, 1.807) is 0 Å². The fourth-order valence-corrected chi connectivity index (χ4v) is 2.10. The Balaban J connectivity index is 2.86. The van der Waals surface area contributed by atoms with E-state index in [4.69, 9.17) is 5.73 Å². The van der Waals surface area contributed by atoms with Crippen molar-refractivity contribution in [3.63, 3.8) is 0 Å². The molecule has 52 valence electrons. The van der Waals surface area contributed by atoms with Crippen LogP contribution in [0.25, 0.3) is 0 Å². The average Bonchev–Trinajstić information content (AvgIpc) is 1.83. The van der Waals surface area contributed by atoms with E-state index in [0.29, 0.717) is 21.2 Å². The van der Waals surface area contributed by atoms with Crippen LogP contribution in [-0.4, -0.2) is 15.9 Å². The van der Waals surface area contributed by atoms with Gasteiger partial charge in [-0.3, -0.25) is 0 Å². The number of hydrogen-bond donors (Lipinski definition) is 1. The molecule has 1 nitrogen and oxygen atoms in total. The summed E-state index contributed by atoms with van der Waals surface area (Å²) in [5.74, 6) is 0.759. The van der Waals surface area contributed by atoms with Crippen molar-refractivity contribution in [2.75, 3.05) is 15.9 Å². The van der Waals surface area contributed by atoms with Crippen LogP contribution in [0.4, 0.5) is 0 Å². The fraction of sp³-hybridized carbons (Fsp3) is 1.00. The molecule has 2 heteroatoms. The number of rotatable bonds is 4. The summed E-state index contributed by atoms with van der Waals surface area (Å²) in [6.45, 7) is 3.09. The Morgan fingerprint density at radius 1 is 1.62 bits per heavy atom. The molecular formula is C6H15IN-. The molecular weight excluding hydrogens is 213 g/mol. The molecule has 0 amide bonds. The van der Waals surface area contributed by atoms with E-state index < -0.39 is 0 Å². The first-order chi connectivity index (χ1) is 3.81. The van der Waals surface area contributed by atoms with Gasteiger partial charge in [0.05, 0.1) is 0 Å². The van der Waals surface area contributed by atoms with Crippen LogP contribution in [0.3, 0.4) is 0 Å². The molecule has 2 N–H and O–H groups in total. The zero-order valence-electron chi connectivity index (χ0n) is 5.65. The van der Waals surface area contributed by atoms with Crippen LogP contribution in [-0.2, 0) is 0 Å². The second-order valence-electron chi connectivity index (χ2n) is 2.09. The molecule has 0 aliphatic carbocycles. The van der Waals surface area contributed by atoms with Gasteiger partial charge >= 0.3 is 62.1 Å². The van der Waals surface area contributed by atoms with Gasteiger partial charge in [-0.05, 0) is 0 Å². The Bertz CT molecular complexity index is 47.8. The molecule has 0 spiro atoms. The SMILES string of the molecule is C[I-]CCC(C)CN. The molecule has 0 aromatic heterocycles. The molecule has 1 atom stereocenters. The van der Waals surface area contributed by atoms with E-state index in [1.807, 2.05) is 0 Å². The minimum absolute atomic E-state index is 0.512. The van der Waals surface area contributed by atoms with Gasteiger partial charge in [0.15, 0.2) is 0 Å². The maximum atomic E-state index is 5.43. The predicted molar refractivity (Wildman–Crippen MR) is 33.6 cm³/mol. The summed E-state index contributed by atoms with van der Waals surface area (Å²) >= 11 is 0.512. The summed E-state index contributed by atoms with van der Waals surface area (Å²) < 4.78 is 1.44. The topological polar surface area (TPSA) is 26.0 Å². The molecule has 0 aliphatic heterocycles. The third kappa shape index (κ3) is 4.84. The predicted octanol–water partition coefficient (Wildman–Crippen LogP) is -2.31. The van der Waals surface area contributed by atoms with Crippen molar-refractivity contribution < 1.29 is 21.2 Å². The van der Waals surface area contributed by atoms with Crippen LogP contribution in [0.1, 0.15) is 13.3 Å². The van der Waals surface area contributed by atoms with Crippen LogP contribution < -0.4 is 26.9 Å². The van der Waals surface area contributed by atoms with Gasteiger partial charge in [-0.1, -0.05) is 0 Å². The molecule has 0 heterocycles. The normalized spacial score (nSPS) is 14.4. The van der Waals surface area contributed by atoms with Crippen LogP contribution in [0.2, 0.25) is 0 Å². The number of hydrogen-bond acceptors (Lipinski definition) is 1. The van der Waals surface area contributed by atoms with Gasteiger partial charge in [-0.2, -0.15) is 0 Å². The third-order valence-electron chi connectivity index (χ3n) is 1.19. The van der Waals surface area contributed by atoms with Gasteiger partial charge in [-0.25, -0.2) is 0 Å². The Hall–Kier alpha value is 0.690. The standard InChI is InChI=1S/C6H15IN/c1-6(5-8)3-4-7-2/h6H,3-5,8H2,1-2H3/q-1. The van der Waals surface area contributed by atoms with E-state index >= 15 is 0 Å². The minimum atomic E-state index is 0.512. The second-order valence-corrected chi connectivity index (χ2v) is 4.69. The number of nitrogens with two attached hydrogens (primary N) is 1. The van der Waals surface area contributed by atoms with E-state index in [9.17, 15) is 0 Å². The molecule has 0 rings (SSSR count). The molecule has 0 radical (unpaired) electrons. The number of halogens is 1. The molecule has 0 fully saturated rings. The van der Waals surface area contributed by atoms with Crippen molar-refractivity contribution >= 4 is 0 Å². The van der Waals surface area contributed by atoms with Crippen molar-refractivity contribution in [3.8, 4) is 0 Å². The van der Waals surface area contributed by atoms with E-state index in [-0.39, 0.29) is 0 Å². The molecule has 0 saturated carbocycles. The fourth-order valence-electron chi connectivity index (χ4n) is 0.413. The van der Waals surface area contributed by atoms with E-state index in [2.05, 4.69) is 11.9 Å². The van der Waals surface area contributed by atoms with E-state index in [0.717, 1.165) is 12.5 Å². The summed E-state index contributed by atoms with van der Waals surface area (Å²) in [4.78, 5) is 2.32. The molecule has 0 aromatic rings. The maximum absolute atomic E-state index is 5.43. The number of alkyl halides is 2. The molecule has 0 aliphatic rings. The summed E-state index contributed by atoms with van der Waals surface area (Å²) in [5.41, 5.74) is 5.43. The molecule has 1 unspecified atom stereocenters. The first-order valence-electron chi connectivity index (χ1n) is 2.95. The van der Waals surface area contributed by atoms with Crippen molar-refractivity contribution in [2.45, 2.75) is 13.3 Å². The van der Waals surface area contributed by atoms with Gasteiger partial charge in [0, 0.05) is 0 Å². The Labute approximate surface area is 62.3 Å². The quantitative estimate of drug-likeness (QED) is 0.424. The van der Waals surface area contributed by atoms with Crippen LogP contribution in [0.5, 0.6) is 0 Å². The monoisotopic (exact) mass is 228 g/mol. The second kappa shape index (κ2) is 5.82. The Morgan fingerprint density at radius 3 is 2.62 bits per heavy atom. The first-order valence-corrected chi connectivity index (χ1v) is 6.63. The van der Waals surface area contributed by atoms with Crippen LogP contribution in [0, 0.1) is 5.92 Å².